The van der Waals surface area contributed by atoms with E-state index >= 15 is 0 Å². The van der Waals surface area contributed by atoms with Gasteiger partial charge in [-0.25, -0.2) is 23.6 Å². The van der Waals surface area contributed by atoms with Crippen LogP contribution >= 0.6 is 11.3 Å². The molecule has 1 aliphatic rings. The van der Waals surface area contributed by atoms with Gasteiger partial charge in [-0.2, -0.15) is 5.10 Å². The molecule has 5 rings (SSSR count). The minimum atomic E-state index is -0.246. The average Bonchev–Trinajstić information content (AvgIpc) is 3.39. The van der Waals surface area contributed by atoms with Gasteiger partial charge in [0.1, 0.15) is 18.5 Å². The summed E-state index contributed by atoms with van der Waals surface area (Å²) in [5, 5.41) is 9.90. The second-order valence-corrected chi connectivity index (χ2v) is 7.27. The number of anilines is 1. The molecule has 0 amide bonds. The van der Waals surface area contributed by atoms with Crippen molar-refractivity contribution in [2.45, 2.75) is 18.9 Å². The predicted molar refractivity (Wildman–Crippen MR) is 96.8 cm³/mol. The topological polar surface area (TPSA) is 64.1 Å². The van der Waals surface area contributed by atoms with Crippen molar-refractivity contribution in [3.8, 4) is 11.3 Å². The number of aromatic nitrogens is 6. The molecule has 4 heterocycles. The van der Waals surface area contributed by atoms with E-state index in [0.29, 0.717) is 6.04 Å². The van der Waals surface area contributed by atoms with Crippen molar-refractivity contribution < 1.29 is 4.39 Å². The van der Waals surface area contributed by atoms with E-state index in [1.54, 1.807) is 36.1 Å². The Hall–Kier alpha value is -2.81. The van der Waals surface area contributed by atoms with Crippen molar-refractivity contribution in [2.75, 3.05) is 18.0 Å². The van der Waals surface area contributed by atoms with Crippen LogP contribution in [0.2, 0.25) is 0 Å². The van der Waals surface area contributed by atoms with Gasteiger partial charge in [0.15, 0.2) is 0 Å². The second-order valence-electron chi connectivity index (χ2n) is 6.34. The number of imidazole rings is 1. The summed E-state index contributed by atoms with van der Waals surface area (Å²) in [5.41, 5.74) is 1.69. The van der Waals surface area contributed by atoms with E-state index in [2.05, 4.69) is 25.1 Å². The Morgan fingerprint density at radius 1 is 1.12 bits per heavy atom. The van der Waals surface area contributed by atoms with Crippen LogP contribution in [0.1, 0.15) is 18.9 Å². The van der Waals surface area contributed by atoms with Crippen LogP contribution in [0.5, 0.6) is 0 Å². The Balaban J connectivity index is 1.33. The van der Waals surface area contributed by atoms with Gasteiger partial charge in [-0.05, 0) is 37.1 Å². The summed E-state index contributed by atoms with van der Waals surface area (Å²) in [4.78, 5) is 11.8. The van der Waals surface area contributed by atoms with E-state index in [9.17, 15) is 4.39 Å². The molecule has 1 fully saturated rings. The largest absolute Gasteiger partial charge is 0.347 e. The molecular weight excluding hydrogens is 353 g/mol. The van der Waals surface area contributed by atoms with E-state index in [1.807, 2.05) is 15.4 Å². The van der Waals surface area contributed by atoms with Crippen molar-refractivity contribution in [1.29, 1.82) is 0 Å². The Morgan fingerprint density at radius 2 is 1.92 bits per heavy atom. The molecule has 7 nitrogen and oxygen atoms in total. The van der Waals surface area contributed by atoms with Crippen LogP contribution in [0.15, 0.2) is 43.1 Å². The summed E-state index contributed by atoms with van der Waals surface area (Å²) in [6.45, 7) is 1.87. The van der Waals surface area contributed by atoms with Crippen LogP contribution < -0.4 is 4.90 Å². The first-order valence-electron chi connectivity index (χ1n) is 8.47. The van der Waals surface area contributed by atoms with Crippen molar-refractivity contribution in [2.24, 2.45) is 0 Å². The van der Waals surface area contributed by atoms with Crippen LogP contribution in [0.4, 0.5) is 9.52 Å². The quantitative estimate of drug-likeness (QED) is 0.555. The summed E-state index contributed by atoms with van der Waals surface area (Å²) in [7, 11) is 0. The number of nitrogens with zero attached hydrogens (tertiary/aromatic N) is 7. The second kappa shape index (κ2) is 6.17. The van der Waals surface area contributed by atoms with Gasteiger partial charge in [-0.3, -0.25) is 0 Å². The van der Waals surface area contributed by atoms with E-state index in [4.69, 9.17) is 0 Å². The fraction of sp³-hybridized carbons (Fsp3) is 0.294. The molecule has 1 aliphatic heterocycles. The molecule has 9 heteroatoms. The predicted octanol–water partition coefficient (Wildman–Crippen LogP) is 3.03. The van der Waals surface area contributed by atoms with Gasteiger partial charge in [-0.1, -0.05) is 11.3 Å². The number of piperidine rings is 1. The fourth-order valence-corrected chi connectivity index (χ4v) is 4.24. The van der Waals surface area contributed by atoms with Crippen LogP contribution in [-0.2, 0) is 0 Å². The maximum atomic E-state index is 13.1. The third kappa shape index (κ3) is 2.74. The molecule has 0 unspecified atom stereocenters. The van der Waals surface area contributed by atoms with E-state index in [-0.39, 0.29) is 5.82 Å². The number of fused-ring (bicyclic) bond motifs is 1. The van der Waals surface area contributed by atoms with E-state index in [1.165, 1.54) is 12.1 Å². The standard InChI is InChI=1S/C17H16FN7S/c18-13-3-1-12(2-4-13)15-9-24-16(21-15)26-17(22-24)23-7-5-14(6-8-23)25-11-19-10-20-25/h1-4,9-11,14H,5-8H2. The lowest BCUT2D eigenvalue weighted by Gasteiger charge is -2.31. The highest BCUT2D eigenvalue weighted by molar-refractivity contribution is 7.20. The summed E-state index contributed by atoms with van der Waals surface area (Å²) >= 11 is 1.58. The maximum absolute atomic E-state index is 13.1. The highest BCUT2D eigenvalue weighted by atomic mass is 32.1. The Morgan fingerprint density at radius 3 is 2.62 bits per heavy atom. The van der Waals surface area contributed by atoms with Crippen molar-refractivity contribution in [3.05, 3.63) is 48.9 Å². The summed E-state index contributed by atoms with van der Waals surface area (Å²) in [5.74, 6) is -0.246. The normalized spacial score (nSPS) is 15.8. The van der Waals surface area contributed by atoms with Crippen molar-refractivity contribution in [3.63, 3.8) is 0 Å². The number of halogens is 1. The van der Waals surface area contributed by atoms with E-state index in [0.717, 1.165) is 47.3 Å². The summed E-state index contributed by atoms with van der Waals surface area (Å²) < 4.78 is 16.8. The Bertz CT molecular complexity index is 982. The van der Waals surface area contributed by atoms with Crippen molar-refractivity contribution >= 4 is 21.4 Å². The molecule has 0 bridgehead atoms. The number of benzene rings is 1. The van der Waals surface area contributed by atoms with Gasteiger partial charge < -0.3 is 4.90 Å². The molecule has 0 radical (unpaired) electrons. The molecule has 4 aromatic rings. The van der Waals surface area contributed by atoms with Crippen molar-refractivity contribution in [1.82, 2.24) is 29.4 Å². The van der Waals surface area contributed by atoms with Gasteiger partial charge in [0, 0.05) is 18.7 Å². The first kappa shape index (κ1) is 15.4. The lowest BCUT2D eigenvalue weighted by atomic mass is 10.1. The molecule has 1 saturated heterocycles. The molecule has 0 N–H and O–H groups in total. The zero-order valence-electron chi connectivity index (χ0n) is 13.9. The maximum Gasteiger partial charge on any atom is 0.214 e. The zero-order valence-corrected chi connectivity index (χ0v) is 14.7. The van der Waals surface area contributed by atoms with Gasteiger partial charge in [-0.15, -0.1) is 5.10 Å². The monoisotopic (exact) mass is 369 g/mol. The molecule has 26 heavy (non-hydrogen) atoms. The molecular formula is C17H16FN7S. The fourth-order valence-electron chi connectivity index (χ4n) is 3.30. The average molecular weight is 369 g/mol. The lowest BCUT2D eigenvalue weighted by molar-refractivity contribution is 0.365. The van der Waals surface area contributed by atoms with Crippen LogP contribution in [0, 0.1) is 5.82 Å². The molecule has 1 aromatic carbocycles. The first-order chi connectivity index (χ1) is 12.8. The molecule has 3 aromatic heterocycles. The van der Waals surface area contributed by atoms with Gasteiger partial charge >= 0.3 is 0 Å². The highest BCUT2D eigenvalue weighted by Crippen LogP contribution is 2.30. The van der Waals surface area contributed by atoms with Crippen LogP contribution in [0.25, 0.3) is 16.2 Å². The number of rotatable bonds is 3. The smallest absolute Gasteiger partial charge is 0.214 e. The molecule has 132 valence electrons. The number of hydrogen-bond acceptors (Lipinski definition) is 6. The molecule has 0 atom stereocenters. The van der Waals surface area contributed by atoms with Gasteiger partial charge in [0.25, 0.3) is 0 Å². The zero-order chi connectivity index (χ0) is 17.5. The minimum Gasteiger partial charge on any atom is -0.347 e. The van der Waals surface area contributed by atoms with Gasteiger partial charge in [0.2, 0.25) is 10.1 Å². The minimum absolute atomic E-state index is 0.246. The summed E-state index contributed by atoms with van der Waals surface area (Å²) in [6.07, 6.45) is 7.30. The highest BCUT2D eigenvalue weighted by Gasteiger charge is 2.23. The first-order valence-corrected chi connectivity index (χ1v) is 9.29. The van der Waals surface area contributed by atoms with Gasteiger partial charge in [0.05, 0.1) is 17.9 Å². The molecule has 0 spiro atoms. The third-order valence-corrected chi connectivity index (χ3v) is 5.70. The third-order valence-electron chi connectivity index (χ3n) is 4.72. The molecule has 0 saturated carbocycles. The SMILES string of the molecule is Fc1ccc(-c2cn3nc(N4CCC(n5cncn5)CC4)sc3n2)cc1. The lowest BCUT2D eigenvalue weighted by Crippen LogP contribution is -2.34. The Kier molecular flexibility index (Phi) is 3.66. The Labute approximate surface area is 152 Å². The molecule has 0 aliphatic carbocycles. The van der Waals surface area contributed by atoms with Crippen LogP contribution in [0.3, 0.4) is 0 Å². The van der Waals surface area contributed by atoms with E-state index < -0.39 is 0 Å². The summed E-state index contributed by atoms with van der Waals surface area (Å²) in [6, 6.07) is 6.76. The van der Waals surface area contributed by atoms with Crippen LogP contribution in [-0.4, -0.2) is 42.5 Å². The number of hydrogen-bond donors (Lipinski definition) is 0.